The Morgan fingerprint density at radius 1 is 0.714 bits per heavy atom. The Morgan fingerprint density at radius 3 is 2.04 bits per heavy atom. The molecule has 0 radical (unpaired) electrons. The topological polar surface area (TPSA) is 22.1 Å². The summed E-state index contributed by atoms with van der Waals surface area (Å²) in [6, 6.07) is 21.5. The molecule has 0 aliphatic rings. The number of unbranched alkanes of at least 4 members (excludes halogenated alkanes) is 2. The molecule has 0 amide bonds. The zero-order valence-corrected chi connectivity index (χ0v) is 17.2. The molecule has 146 valence electrons. The van der Waals surface area contributed by atoms with Crippen molar-refractivity contribution in [2.24, 2.45) is 0 Å². The molecule has 0 N–H and O–H groups in total. The van der Waals surface area contributed by atoms with E-state index in [0.717, 1.165) is 49.3 Å². The Kier molecular flexibility index (Phi) is 7.66. The Bertz CT molecular complexity index is 820. The number of pyridine rings is 1. The highest BCUT2D eigenvalue weighted by molar-refractivity contribution is 5.60. The van der Waals surface area contributed by atoms with Crippen LogP contribution in [0.15, 0.2) is 66.9 Å². The van der Waals surface area contributed by atoms with Gasteiger partial charge in [-0.05, 0) is 72.7 Å². The first-order valence-electron chi connectivity index (χ1n) is 10.5. The molecular weight excluding hydrogens is 342 g/mol. The summed E-state index contributed by atoms with van der Waals surface area (Å²) in [6.07, 6.45) is 8.72. The van der Waals surface area contributed by atoms with Crippen LogP contribution in [0.25, 0.3) is 11.3 Å². The van der Waals surface area contributed by atoms with Crippen LogP contribution in [0.5, 0.6) is 5.75 Å². The summed E-state index contributed by atoms with van der Waals surface area (Å²) in [5.41, 5.74) is 6.19. The fraction of sp³-hybridized carbons (Fsp3) is 0.346. The summed E-state index contributed by atoms with van der Waals surface area (Å²) in [7, 11) is 0. The summed E-state index contributed by atoms with van der Waals surface area (Å²) in [4.78, 5) is 4.66. The third-order valence-electron chi connectivity index (χ3n) is 5.13. The minimum atomic E-state index is 0.793. The minimum absolute atomic E-state index is 0.793. The van der Waals surface area contributed by atoms with Crippen molar-refractivity contribution in [1.82, 2.24) is 4.98 Å². The van der Waals surface area contributed by atoms with Crippen molar-refractivity contribution in [3.8, 4) is 17.0 Å². The van der Waals surface area contributed by atoms with Crippen molar-refractivity contribution in [2.75, 3.05) is 6.61 Å². The SMILES string of the molecule is CCCCCOc1ccc(-c2ccc(CCc3ccc(CC)cc3)cn2)cc1. The molecule has 0 fully saturated rings. The molecule has 0 spiro atoms. The van der Waals surface area contributed by atoms with E-state index >= 15 is 0 Å². The van der Waals surface area contributed by atoms with Crippen molar-refractivity contribution in [1.29, 1.82) is 0 Å². The number of rotatable bonds is 10. The van der Waals surface area contributed by atoms with E-state index < -0.39 is 0 Å². The molecule has 0 bridgehead atoms. The fourth-order valence-electron chi connectivity index (χ4n) is 3.24. The van der Waals surface area contributed by atoms with Gasteiger partial charge in [0, 0.05) is 11.8 Å². The Labute approximate surface area is 169 Å². The third kappa shape index (κ3) is 5.95. The number of nitrogens with zero attached hydrogens (tertiary/aromatic N) is 1. The smallest absolute Gasteiger partial charge is 0.119 e. The molecule has 1 heterocycles. The van der Waals surface area contributed by atoms with Crippen LogP contribution >= 0.6 is 0 Å². The minimum Gasteiger partial charge on any atom is -0.494 e. The normalized spacial score (nSPS) is 10.8. The molecule has 0 aliphatic carbocycles. The van der Waals surface area contributed by atoms with Gasteiger partial charge in [0.1, 0.15) is 5.75 Å². The van der Waals surface area contributed by atoms with Gasteiger partial charge in [-0.15, -0.1) is 0 Å². The molecule has 2 aromatic carbocycles. The zero-order valence-electron chi connectivity index (χ0n) is 17.2. The standard InChI is InChI=1S/C26H31NO/c1-3-5-6-19-28-25-16-14-24(15-17-25)26-18-13-23(20-27-26)12-11-22-9-7-21(4-2)8-10-22/h7-10,13-18,20H,3-6,11-12,19H2,1-2H3. The molecule has 0 saturated carbocycles. The molecule has 0 atom stereocenters. The average Bonchev–Trinajstić information content (AvgIpc) is 2.76. The number of ether oxygens (including phenoxy) is 1. The lowest BCUT2D eigenvalue weighted by Crippen LogP contribution is -1.97. The number of aryl methyl sites for hydroxylation is 3. The van der Waals surface area contributed by atoms with Crippen molar-refractivity contribution in [3.05, 3.63) is 83.6 Å². The summed E-state index contributed by atoms with van der Waals surface area (Å²) < 4.78 is 5.79. The van der Waals surface area contributed by atoms with Crippen LogP contribution in [-0.4, -0.2) is 11.6 Å². The van der Waals surface area contributed by atoms with E-state index in [1.54, 1.807) is 0 Å². The van der Waals surface area contributed by atoms with E-state index in [1.165, 1.54) is 29.5 Å². The van der Waals surface area contributed by atoms with Crippen LogP contribution in [0.2, 0.25) is 0 Å². The maximum Gasteiger partial charge on any atom is 0.119 e. The molecule has 2 nitrogen and oxygen atoms in total. The molecule has 0 unspecified atom stereocenters. The molecule has 3 rings (SSSR count). The first-order chi connectivity index (χ1) is 13.8. The third-order valence-corrected chi connectivity index (χ3v) is 5.13. The Hall–Kier alpha value is -2.61. The molecule has 3 aromatic rings. The fourth-order valence-corrected chi connectivity index (χ4v) is 3.24. The number of benzene rings is 2. The average molecular weight is 374 g/mol. The van der Waals surface area contributed by atoms with E-state index in [-0.39, 0.29) is 0 Å². The van der Waals surface area contributed by atoms with Gasteiger partial charge in [0.25, 0.3) is 0 Å². The van der Waals surface area contributed by atoms with Crippen LogP contribution in [-0.2, 0) is 19.3 Å². The largest absolute Gasteiger partial charge is 0.494 e. The summed E-state index contributed by atoms with van der Waals surface area (Å²) in [6.45, 7) is 5.19. The number of hydrogen-bond donors (Lipinski definition) is 0. The first-order valence-corrected chi connectivity index (χ1v) is 10.5. The summed E-state index contributed by atoms with van der Waals surface area (Å²) in [5, 5.41) is 0. The highest BCUT2D eigenvalue weighted by atomic mass is 16.5. The predicted octanol–water partition coefficient (Wildman–Crippen LogP) is 6.67. The van der Waals surface area contributed by atoms with E-state index in [9.17, 15) is 0 Å². The van der Waals surface area contributed by atoms with E-state index in [2.05, 4.69) is 67.4 Å². The molecule has 28 heavy (non-hydrogen) atoms. The molecule has 0 saturated heterocycles. The van der Waals surface area contributed by atoms with Crippen LogP contribution < -0.4 is 4.74 Å². The number of hydrogen-bond acceptors (Lipinski definition) is 2. The zero-order chi connectivity index (χ0) is 19.6. The Morgan fingerprint density at radius 2 is 1.39 bits per heavy atom. The quantitative estimate of drug-likeness (QED) is 0.370. The molecule has 0 aliphatic heterocycles. The lowest BCUT2D eigenvalue weighted by Gasteiger charge is -2.08. The second-order valence-electron chi connectivity index (χ2n) is 7.30. The van der Waals surface area contributed by atoms with Crippen molar-refractivity contribution in [3.63, 3.8) is 0 Å². The van der Waals surface area contributed by atoms with Crippen molar-refractivity contribution in [2.45, 2.75) is 52.4 Å². The molecule has 1 aromatic heterocycles. The van der Waals surface area contributed by atoms with Crippen molar-refractivity contribution < 1.29 is 4.74 Å². The van der Waals surface area contributed by atoms with Gasteiger partial charge in [-0.25, -0.2) is 0 Å². The van der Waals surface area contributed by atoms with Gasteiger partial charge in [-0.2, -0.15) is 0 Å². The van der Waals surface area contributed by atoms with Gasteiger partial charge in [0.05, 0.1) is 12.3 Å². The highest BCUT2D eigenvalue weighted by Gasteiger charge is 2.02. The van der Waals surface area contributed by atoms with Gasteiger partial charge >= 0.3 is 0 Å². The second-order valence-corrected chi connectivity index (χ2v) is 7.30. The van der Waals surface area contributed by atoms with Crippen LogP contribution in [0, 0.1) is 0 Å². The van der Waals surface area contributed by atoms with Crippen LogP contribution in [0.4, 0.5) is 0 Å². The molecular formula is C26H31NO. The van der Waals surface area contributed by atoms with Gasteiger partial charge in [-0.3, -0.25) is 4.98 Å². The highest BCUT2D eigenvalue weighted by Crippen LogP contribution is 2.21. The van der Waals surface area contributed by atoms with Crippen molar-refractivity contribution >= 4 is 0 Å². The predicted molar refractivity (Wildman–Crippen MR) is 118 cm³/mol. The monoisotopic (exact) mass is 373 g/mol. The van der Waals surface area contributed by atoms with Crippen LogP contribution in [0.3, 0.4) is 0 Å². The Balaban J connectivity index is 1.53. The first kappa shape index (κ1) is 20.1. The maximum atomic E-state index is 5.79. The van der Waals surface area contributed by atoms with Gasteiger partial charge in [-0.1, -0.05) is 57.0 Å². The van der Waals surface area contributed by atoms with E-state index in [4.69, 9.17) is 4.74 Å². The summed E-state index contributed by atoms with van der Waals surface area (Å²) in [5.74, 6) is 0.936. The maximum absolute atomic E-state index is 5.79. The van der Waals surface area contributed by atoms with E-state index in [1.807, 2.05) is 18.3 Å². The van der Waals surface area contributed by atoms with Gasteiger partial charge < -0.3 is 4.74 Å². The lowest BCUT2D eigenvalue weighted by molar-refractivity contribution is 0.306. The lowest BCUT2D eigenvalue weighted by atomic mass is 10.0. The van der Waals surface area contributed by atoms with Gasteiger partial charge in [0.2, 0.25) is 0 Å². The summed E-state index contributed by atoms with van der Waals surface area (Å²) >= 11 is 0. The van der Waals surface area contributed by atoms with E-state index in [0.29, 0.717) is 0 Å². The second kappa shape index (κ2) is 10.7. The van der Waals surface area contributed by atoms with Crippen LogP contribution in [0.1, 0.15) is 49.8 Å². The molecule has 2 heteroatoms. The van der Waals surface area contributed by atoms with Gasteiger partial charge in [0.15, 0.2) is 0 Å². The number of aromatic nitrogens is 1.